The molecule has 1 heterocycles. The molecular formula is C18H17F2N3O3S. The van der Waals surface area contributed by atoms with Crippen molar-refractivity contribution in [3.8, 4) is 0 Å². The maximum atomic E-state index is 13.6. The van der Waals surface area contributed by atoms with Crippen LogP contribution in [0.2, 0.25) is 0 Å². The number of carbonyl (C=O) groups excluding carboxylic acids is 1. The van der Waals surface area contributed by atoms with Crippen LogP contribution in [0.3, 0.4) is 0 Å². The minimum Gasteiger partial charge on any atom is -0.322 e. The Morgan fingerprint density at radius 2 is 1.70 bits per heavy atom. The van der Waals surface area contributed by atoms with E-state index in [-0.39, 0.29) is 5.56 Å². The van der Waals surface area contributed by atoms with Gasteiger partial charge in [0, 0.05) is 31.4 Å². The Hall–Kier alpha value is -2.94. The van der Waals surface area contributed by atoms with Crippen LogP contribution < -0.4 is 13.9 Å². The van der Waals surface area contributed by atoms with Crippen LogP contribution in [0, 0.1) is 18.6 Å². The Bertz CT molecular complexity index is 1070. The molecule has 142 valence electrons. The average molecular weight is 393 g/mol. The van der Waals surface area contributed by atoms with Crippen molar-refractivity contribution in [1.29, 1.82) is 0 Å². The van der Waals surface area contributed by atoms with Crippen molar-refractivity contribution in [2.24, 2.45) is 0 Å². The van der Waals surface area contributed by atoms with Gasteiger partial charge in [-0.25, -0.2) is 8.78 Å². The fourth-order valence-electron chi connectivity index (χ4n) is 2.73. The molecule has 3 rings (SSSR count). The summed E-state index contributed by atoms with van der Waals surface area (Å²) in [5.74, 6) is -1.82. The topological polar surface area (TPSA) is 69.7 Å². The molecule has 1 aliphatic rings. The third-order valence-electron chi connectivity index (χ3n) is 4.32. The summed E-state index contributed by atoms with van der Waals surface area (Å²) in [5, 5.41) is 2.63. The number of hydrogen-bond acceptors (Lipinski definition) is 3. The zero-order chi connectivity index (χ0) is 19.9. The first-order valence-corrected chi connectivity index (χ1v) is 9.32. The Balaban J connectivity index is 1.85. The minimum atomic E-state index is -3.62. The molecule has 0 atom stereocenters. The largest absolute Gasteiger partial charge is 0.326 e. The van der Waals surface area contributed by atoms with Crippen molar-refractivity contribution in [2.45, 2.75) is 6.92 Å². The molecule has 0 bridgehead atoms. The van der Waals surface area contributed by atoms with Crippen molar-refractivity contribution in [2.75, 3.05) is 28.0 Å². The average Bonchev–Trinajstić information content (AvgIpc) is 2.77. The maximum Gasteiger partial charge on any atom is 0.326 e. The van der Waals surface area contributed by atoms with Crippen LogP contribution in [0.15, 0.2) is 36.4 Å². The van der Waals surface area contributed by atoms with Crippen molar-refractivity contribution in [3.05, 3.63) is 59.2 Å². The van der Waals surface area contributed by atoms with Crippen molar-refractivity contribution >= 4 is 39.3 Å². The van der Waals surface area contributed by atoms with Crippen LogP contribution in [-0.2, 0) is 15.0 Å². The molecule has 0 spiro atoms. The number of carbonyl (C=O) groups is 1. The maximum absolute atomic E-state index is 13.6. The molecule has 0 unspecified atom stereocenters. The highest BCUT2D eigenvalue weighted by Crippen LogP contribution is 2.41. The van der Waals surface area contributed by atoms with E-state index in [2.05, 4.69) is 5.32 Å². The van der Waals surface area contributed by atoms with Gasteiger partial charge in [0.2, 0.25) is 5.91 Å². The lowest BCUT2D eigenvalue weighted by Gasteiger charge is -2.13. The second kappa shape index (κ2) is 6.66. The number of halogens is 2. The molecule has 2 aromatic rings. The molecule has 9 heteroatoms. The number of benzene rings is 2. The summed E-state index contributed by atoms with van der Waals surface area (Å²) in [6.07, 6.45) is 2.25. The molecule has 2 aromatic carbocycles. The number of anilines is 3. The number of fused-ring (bicyclic) bond motifs is 1. The number of aryl methyl sites for hydroxylation is 1. The van der Waals surface area contributed by atoms with Gasteiger partial charge in [0.1, 0.15) is 11.6 Å². The molecule has 0 aliphatic carbocycles. The molecule has 1 amide bonds. The monoisotopic (exact) mass is 393 g/mol. The molecule has 1 N–H and O–H groups in total. The molecule has 1 aliphatic heterocycles. The normalized spacial score (nSPS) is 15.3. The summed E-state index contributed by atoms with van der Waals surface area (Å²) in [7, 11) is -0.745. The lowest BCUT2D eigenvalue weighted by atomic mass is 10.1. The van der Waals surface area contributed by atoms with E-state index in [1.54, 1.807) is 19.1 Å². The van der Waals surface area contributed by atoms with E-state index in [4.69, 9.17) is 0 Å². The predicted molar refractivity (Wildman–Crippen MR) is 101 cm³/mol. The molecule has 0 saturated carbocycles. The van der Waals surface area contributed by atoms with Crippen LogP contribution in [0.25, 0.3) is 6.08 Å². The number of amides is 1. The van der Waals surface area contributed by atoms with Crippen LogP contribution in [0.4, 0.5) is 25.8 Å². The highest BCUT2D eigenvalue weighted by Gasteiger charge is 2.35. The van der Waals surface area contributed by atoms with E-state index in [1.165, 1.54) is 20.2 Å². The van der Waals surface area contributed by atoms with E-state index < -0.39 is 27.8 Å². The molecular weight excluding hydrogens is 376 g/mol. The molecule has 0 radical (unpaired) electrons. The highest BCUT2D eigenvalue weighted by atomic mass is 32.2. The van der Waals surface area contributed by atoms with E-state index in [9.17, 15) is 22.0 Å². The fourth-order valence-corrected chi connectivity index (χ4v) is 3.89. The summed E-state index contributed by atoms with van der Waals surface area (Å²) in [4.78, 5) is 12.2. The number of nitrogens with one attached hydrogen (secondary N) is 1. The van der Waals surface area contributed by atoms with E-state index >= 15 is 0 Å². The zero-order valence-corrected chi connectivity index (χ0v) is 15.6. The van der Waals surface area contributed by atoms with Crippen molar-refractivity contribution < 1.29 is 22.0 Å². The first-order valence-electron chi connectivity index (χ1n) is 7.93. The van der Waals surface area contributed by atoms with Gasteiger partial charge in [-0.1, -0.05) is 0 Å². The van der Waals surface area contributed by atoms with Gasteiger partial charge in [-0.2, -0.15) is 8.42 Å². The SMILES string of the molecule is Cc1cc2c(cc1NC(=O)C=Cc1cc(F)ccc1F)N(C)S(=O)(=O)N2C. The number of rotatable bonds is 3. The Labute approximate surface area is 155 Å². The standard InChI is InChI=1S/C18H17F2N3O3S/c1-11-8-16-17(23(3)27(25,26)22(16)2)10-15(11)21-18(24)7-4-12-9-13(19)5-6-14(12)20/h4-10H,1-3H3,(H,21,24). The van der Waals surface area contributed by atoms with Crippen molar-refractivity contribution in [3.63, 3.8) is 0 Å². The van der Waals surface area contributed by atoms with Gasteiger partial charge in [-0.15, -0.1) is 0 Å². The van der Waals surface area contributed by atoms with E-state index in [0.717, 1.165) is 32.9 Å². The fraction of sp³-hybridized carbons (Fsp3) is 0.167. The molecule has 0 aromatic heterocycles. The van der Waals surface area contributed by atoms with Crippen LogP contribution in [0.5, 0.6) is 0 Å². The lowest BCUT2D eigenvalue weighted by molar-refractivity contribution is -0.111. The highest BCUT2D eigenvalue weighted by molar-refractivity contribution is 7.94. The Kier molecular flexibility index (Phi) is 4.64. The third-order valence-corrected chi connectivity index (χ3v) is 6.10. The summed E-state index contributed by atoms with van der Waals surface area (Å²) in [6.45, 7) is 1.73. The lowest BCUT2D eigenvalue weighted by Crippen LogP contribution is -2.32. The van der Waals surface area contributed by atoms with Crippen LogP contribution in [-0.4, -0.2) is 28.4 Å². The van der Waals surface area contributed by atoms with Crippen LogP contribution in [0.1, 0.15) is 11.1 Å². The van der Waals surface area contributed by atoms with E-state index in [1.807, 2.05) is 0 Å². The van der Waals surface area contributed by atoms with Gasteiger partial charge >= 0.3 is 10.2 Å². The molecule has 27 heavy (non-hydrogen) atoms. The number of hydrogen-bond donors (Lipinski definition) is 1. The minimum absolute atomic E-state index is 0.0525. The Morgan fingerprint density at radius 1 is 1.07 bits per heavy atom. The van der Waals surface area contributed by atoms with Crippen molar-refractivity contribution in [1.82, 2.24) is 0 Å². The van der Waals surface area contributed by atoms with Gasteiger partial charge in [0.15, 0.2) is 0 Å². The smallest absolute Gasteiger partial charge is 0.322 e. The molecule has 0 saturated heterocycles. The first-order chi connectivity index (χ1) is 12.6. The second-order valence-electron chi connectivity index (χ2n) is 6.09. The van der Waals surface area contributed by atoms with Gasteiger partial charge in [0.05, 0.1) is 11.4 Å². The summed E-state index contributed by atoms with van der Waals surface area (Å²) in [5.41, 5.74) is 1.96. The molecule has 0 fully saturated rings. The zero-order valence-electron chi connectivity index (χ0n) is 14.8. The first kappa shape index (κ1) is 18.8. The summed E-state index contributed by atoms with van der Waals surface area (Å²) < 4.78 is 53.4. The van der Waals surface area contributed by atoms with E-state index in [0.29, 0.717) is 22.6 Å². The second-order valence-corrected chi connectivity index (χ2v) is 8.08. The van der Waals surface area contributed by atoms with Gasteiger partial charge < -0.3 is 5.32 Å². The predicted octanol–water partition coefficient (Wildman–Crippen LogP) is 3.06. The number of nitrogens with zero attached hydrogens (tertiary/aromatic N) is 2. The van der Waals surface area contributed by atoms with Gasteiger partial charge in [-0.05, 0) is 48.9 Å². The third kappa shape index (κ3) is 3.37. The molecule has 6 nitrogen and oxygen atoms in total. The van der Waals surface area contributed by atoms with Gasteiger partial charge in [0.25, 0.3) is 0 Å². The Morgan fingerprint density at radius 3 is 2.37 bits per heavy atom. The van der Waals surface area contributed by atoms with Crippen LogP contribution >= 0.6 is 0 Å². The van der Waals surface area contributed by atoms with Gasteiger partial charge in [-0.3, -0.25) is 13.4 Å². The summed E-state index contributed by atoms with van der Waals surface area (Å²) in [6, 6.07) is 6.16. The summed E-state index contributed by atoms with van der Waals surface area (Å²) >= 11 is 0. The quantitative estimate of drug-likeness (QED) is 0.815.